The van der Waals surface area contributed by atoms with Crippen molar-refractivity contribution in [2.24, 2.45) is 34.5 Å². The first-order valence-electron chi connectivity index (χ1n) is 13.0. The summed E-state index contributed by atoms with van der Waals surface area (Å²) in [4.78, 5) is 13.3. The van der Waals surface area contributed by atoms with Gasteiger partial charge in [0.05, 0.1) is 29.5 Å². The highest BCUT2D eigenvalue weighted by molar-refractivity contribution is 5.95. The Labute approximate surface area is 203 Å². The molecule has 0 saturated heterocycles. The molecule has 0 radical (unpaired) electrons. The average molecular weight is 477 g/mol. The SMILES string of the molecule is C=C(C[C@@H](O)C(C)(O)C1CC[C@@]2(O)C3=CC(=O)[C@@H]4C[C@@H](O)[C@@H](O)C[C@]4(C)[C@H]3CC[C@]12C)C(C)C. The molecule has 0 spiro atoms. The van der Waals surface area contributed by atoms with Crippen LogP contribution in [0.15, 0.2) is 23.8 Å². The fourth-order valence-corrected chi connectivity index (χ4v) is 8.23. The second-order valence-corrected chi connectivity index (χ2v) is 12.9. The van der Waals surface area contributed by atoms with Crippen LogP contribution in [-0.2, 0) is 4.79 Å². The lowest BCUT2D eigenvalue weighted by Gasteiger charge is -2.60. The van der Waals surface area contributed by atoms with Crippen LogP contribution >= 0.6 is 0 Å². The van der Waals surface area contributed by atoms with Crippen molar-refractivity contribution in [1.82, 2.24) is 0 Å². The van der Waals surface area contributed by atoms with Gasteiger partial charge in [0.25, 0.3) is 0 Å². The van der Waals surface area contributed by atoms with Crippen LogP contribution in [-0.4, -0.2) is 60.8 Å². The molecule has 0 aromatic carbocycles. The highest BCUT2D eigenvalue weighted by atomic mass is 16.3. The first-order valence-corrected chi connectivity index (χ1v) is 13.0. The Morgan fingerprint density at radius 1 is 1.18 bits per heavy atom. The minimum atomic E-state index is -1.42. The fourth-order valence-electron chi connectivity index (χ4n) is 8.23. The van der Waals surface area contributed by atoms with Gasteiger partial charge in [-0.15, -0.1) is 0 Å². The number of ketones is 1. The van der Waals surface area contributed by atoms with Gasteiger partial charge in [-0.2, -0.15) is 0 Å². The number of carbonyl (C=O) groups is 1. The Morgan fingerprint density at radius 3 is 2.44 bits per heavy atom. The third kappa shape index (κ3) is 3.51. The van der Waals surface area contributed by atoms with E-state index in [1.807, 2.05) is 27.7 Å². The normalized spacial score (nSPS) is 46.7. The zero-order valence-electron chi connectivity index (χ0n) is 21.4. The van der Waals surface area contributed by atoms with Gasteiger partial charge in [0.1, 0.15) is 0 Å². The molecular weight excluding hydrogens is 432 g/mol. The Morgan fingerprint density at radius 2 is 1.82 bits per heavy atom. The standard InChI is InChI=1S/C28H44O6/c1-15(2)16(3)11-24(32)27(6,33)23-8-10-28(34)18-12-20(29)19-13-21(30)22(31)14-25(19,4)17(18)7-9-26(23,28)5/h12,15,17,19,21-24,30-34H,3,7-11,13-14H2,1-2,4-6H3/t17-,19-,21+,22-,23?,24+,25+,26+,27?,28+/m0/s1. The van der Waals surface area contributed by atoms with Crippen LogP contribution in [0.3, 0.4) is 0 Å². The highest BCUT2D eigenvalue weighted by Gasteiger charge is 2.69. The molecule has 34 heavy (non-hydrogen) atoms. The van der Waals surface area contributed by atoms with Gasteiger partial charge in [-0.25, -0.2) is 0 Å². The van der Waals surface area contributed by atoms with Gasteiger partial charge in [-0.1, -0.05) is 39.8 Å². The van der Waals surface area contributed by atoms with Crippen molar-refractivity contribution in [3.05, 3.63) is 23.8 Å². The first-order chi connectivity index (χ1) is 15.6. The summed E-state index contributed by atoms with van der Waals surface area (Å²) in [7, 11) is 0. The van der Waals surface area contributed by atoms with E-state index in [2.05, 4.69) is 6.58 Å². The molecule has 3 saturated carbocycles. The van der Waals surface area contributed by atoms with E-state index >= 15 is 0 Å². The summed E-state index contributed by atoms with van der Waals surface area (Å²) < 4.78 is 0. The Balaban J connectivity index is 1.68. The number of hydrogen-bond acceptors (Lipinski definition) is 6. The van der Waals surface area contributed by atoms with Crippen molar-refractivity contribution in [1.29, 1.82) is 0 Å². The minimum Gasteiger partial charge on any atom is -0.390 e. The maximum Gasteiger partial charge on any atom is 0.159 e. The van der Waals surface area contributed by atoms with Crippen LogP contribution in [0.1, 0.15) is 79.6 Å². The molecule has 192 valence electrons. The molecule has 5 N–H and O–H groups in total. The molecule has 0 aromatic heterocycles. The van der Waals surface area contributed by atoms with E-state index in [0.717, 1.165) is 17.6 Å². The predicted octanol–water partition coefficient (Wildman–Crippen LogP) is 2.91. The summed E-state index contributed by atoms with van der Waals surface area (Å²) in [6.07, 6.45) is 2.07. The molecule has 0 heterocycles. The molecular formula is C28H44O6. The Bertz CT molecular complexity index is 891. The molecule has 4 rings (SSSR count). The first kappa shape index (κ1) is 26.0. The average Bonchev–Trinajstić information content (AvgIpc) is 3.02. The number of hydrogen-bond donors (Lipinski definition) is 5. The molecule has 2 unspecified atom stereocenters. The topological polar surface area (TPSA) is 118 Å². The van der Waals surface area contributed by atoms with Gasteiger partial charge < -0.3 is 25.5 Å². The number of fused-ring (bicyclic) bond motifs is 5. The molecule has 0 aliphatic heterocycles. The van der Waals surface area contributed by atoms with Gasteiger partial charge in [-0.05, 0) is 86.7 Å². The van der Waals surface area contributed by atoms with Crippen LogP contribution in [0.2, 0.25) is 0 Å². The van der Waals surface area contributed by atoms with Crippen molar-refractivity contribution >= 4 is 5.78 Å². The third-order valence-electron chi connectivity index (χ3n) is 10.8. The van der Waals surface area contributed by atoms with Crippen molar-refractivity contribution in [2.45, 2.75) is 109 Å². The molecule has 6 nitrogen and oxygen atoms in total. The largest absolute Gasteiger partial charge is 0.390 e. The van der Waals surface area contributed by atoms with E-state index in [0.29, 0.717) is 32.1 Å². The summed E-state index contributed by atoms with van der Waals surface area (Å²) in [6.45, 7) is 13.8. The zero-order valence-corrected chi connectivity index (χ0v) is 21.4. The minimum absolute atomic E-state index is 0.0650. The number of carbonyl (C=O) groups excluding carboxylic acids is 1. The van der Waals surface area contributed by atoms with Crippen molar-refractivity contribution < 1.29 is 30.3 Å². The highest BCUT2D eigenvalue weighted by Crippen LogP contribution is 2.68. The zero-order chi connectivity index (χ0) is 25.4. The summed E-state index contributed by atoms with van der Waals surface area (Å²) in [5.41, 5.74) is -2.29. The molecule has 0 amide bonds. The summed E-state index contributed by atoms with van der Waals surface area (Å²) in [5, 5.41) is 55.6. The van der Waals surface area contributed by atoms with E-state index in [4.69, 9.17) is 0 Å². The van der Waals surface area contributed by atoms with E-state index in [1.54, 1.807) is 13.0 Å². The summed E-state index contributed by atoms with van der Waals surface area (Å²) >= 11 is 0. The lowest BCUT2D eigenvalue weighted by molar-refractivity contribution is -0.175. The van der Waals surface area contributed by atoms with Crippen LogP contribution in [0.4, 0.5) is 0 Å². The molecule has 10 atom stereocenters. The van der Waals surface area contributed by atoms with Crippen molar-refractivity contribution in [3.63, 3.8) is 0 Å². The van der Waals surface area contributed by atoms with Crippen LogP contribution in [0, 0.1) is 34.5 Å². The Hall–Kier alpha value is -1.05. The summed E-state index contributed by atoms with van der Waals surface area (Å²) in [6, 6.07) is 0. The maximum absolute atomic E-state index is 13.3. The maximum atomic E-state index is 13.3. The molecule has 0 bridgehead atoms. The van der Waals surface area contributed by atoms with Gasteiger partial charge in [0.2, 0.25) is 0 Å². The van der Waals surface area contributed by atoms with E-state index in [-0.39, 0.29) is 35.9 Å². The Kier molecular flexibility index (Phi) is 6.31. The van der Waals surface area contributed by atoms with Gasteiger partial charge >= 0.3 is 0 Å². The molecule has 0 aromatic rings. The molecule has 3 fully saturated rings. The second kappa shape index (κ2) is 8.24. The van der Waals surface area contributed by atoms with Gasteiger partial charge in [0.15, 0.2) is 5.78 Å². The fraction of sp³-hybridized carbons (Fsp3) is 0.821. The lowest BCUT2D eigenvalue weighted by atomic mass is 9.45. The number of allylic oxidation sites excluding steroid dienone is 1. The molecule has 6 heteroatoms. The van der Waals surface area contributed by atoms with Crippen LogP contribution in [0.5, 0.6) is 0 Å². The summed E-state index contributed by atoms with van der Waals surface area (Å²) in [5.74, 6) is -0.656. The quantitative estimate of drug-likeness (QED) is 0.390. The van der Waals surface area contributed by atoms with E-state index in [1.165, 1.54) is 0 Å². The van der Waals surface area contributed by atoms with Gasteiger partial charge in [-0.3, -0.25) is 4.79 Å². The second-order valence-electron chi connectivity index (χ2n) is 12.9. The van der Waals surface area contributed by atoms with Crippen molar-refractivity contribution in [3.8, 4) is 0 Å². The third-order valence-corrected chi connectivity index (χ3v) is 10.8. The van der Waals surface area contributed by atoms with Crippen LogP contribution < -0.4 is 0 Å². The van der Waals surface area contributed by atoms with Crippen molar-refractivity contribution in [2.75, 3.05) is 0 Å². The van der Waals surface area contributed by atoms with Gasteiger partial charge in [0, 0.05) is 11.3 Å². The predicted molar refractivity (Wildman–Crippen MR) is 130 cm³/mol. The van der Waals surface area contributed by atoms with E-state index < -0.39 is 40.3 Å². The lowest BCUT2D eigenvalue weighted by Crippen LogP contribution is -2.62. The number of rotatable bonds is 5. The molecule has 4 aliphatic rings. The van der Waals surface area contributed by atoms with Crippen LogP contribution in [0.25, 0.3) is 0 Å². The van der Waals surface area contributed by atoms with E-state index in [9.17, 15) is 30.3 Å². The smallest absolute Gasteiger partial charge is 0.159 e. The molecule has 4 aliphatic carbocycles. The monoisotopic (exact) mass is 476 g/mol. The number of aliphatic hydroxyl groups excluding tert-OH is 3. The number of aliphatic hydroxyl groups is 5.